The Hall–Kier alpha value is -0.900. The fourth-order valence-corrected chi connectivity index (χ4v) is 0. The number of carboxylic acid groups (broad SMARTS) is 1. The highest BCUT2D eigenvalue weighted by atomic mass is 16.4. The van der Waals surface area contributed by atoms with Crippen LogP contribution < -0.4 is 0 Å². The van der Waals surface area contributed by atoms with Gasteiger partial charge in [-0.05, 0) is 6.92 Å². The zero-order valence-corrected chi connectivity index (χ0v) is 5.63. The molecular weight excluding hydrogens is 124 g/mol. The molecule has 0 fully saturated rings. The Morgan fingerprint density at radius 1 is 1.56 bits per heavy atom. The second-order valence-corrected chi connectivity index (χ2v) is 0.835. The molecule has 2 N–H and O–H groups in total. The molecular formula is C5H12O4. The first kappa shape index (κ1) is 15.7. The average Bonchev–Trinajstić information content (AvgIpc) is 1.71. The van der Waals surface area contributed by atoms with Crippen LogP contribution in [0, 0.1) is 0 Å². The molecule has 0 aromatic carbocycles. The standard InChI is InChI=1S/C2H4O2.C2H6O.CH2O/c1-2(3)4;1-2-3;1-2/h1H3,(H,3,4);3H,2H2,1H3;1H2. The third kappa shape index (κ3) is 228. The minimum absolute atomic E-state index is 0.250. The summed E-state index contributed by atoms with van der Waals surface area (Å²) < 4.78 is 0. The van der Waals surface area contributed by atoms with E-state index in [1.165, 1.54) is 0 Å². The molecule has 0 aromatic rings. The third-order valence-corrected chi connectivity index (χ3v) is 0. The molecule has 56 valence electrons. The minimum atomic E-state index is -0.833. The molecule has 0 unspecified atom stereocenters. The van der Waals surface area contributed by atoms with Gasteiger partial charge in [0.25, 0.3) is 5.97 Å². The molecule has 0 aliphatic heterocycles. The molecule has 0 saturated heterocycles. The summed E-state index contributed by atoms with van der Waals surface area (Å²) in [5, 5.41) is 15.0. The molecule has 4 nitrogen and oxygen atoms in total. The summed E-state index contributed by atoms with van der Waals surface area (Å²) >= 11 is 0. The molecule has 0 aliphatic rings. The molecule has 0 aliphatic carbocycles. The fourth-order valence-electron chi connectivity index (χ4n) is 0. The Kier molecular flexibility index (Phi) is 48.0. The summed E-state index contributed by atoms with van der Waals surface area (Å²) in [5.74, 6) is -0.833. The average molecular weight is 136 g/mol. The first-order chi connectivity index (χ1) is 4.15. The van der Waals surface area contributed by atoms with E-state index in [1.807, 2.05) is 6.79 Å². The van der Waals surface area contributed by atoms with Crippen LogP contribution in [0.2, 0.25) is 0 Å². The van der Waals surface area contributed by atoms with Crippen LogP contribution in [-0.2, 0) is 9.59 Å². The maximum Gasteiger partial charge on any atom is 0.300 e. The lowest BCUT2D eigenvalue weighted by molar-refractivity contribution is -0.134. The number of carboxylic acids is 1. The summed E-state index contributed by atoms with van der Waals surface area (Å²) in [6, 6.07) is 0. The van der Waals surface area contributed by atoms with E-state index in [0.717, 1.165) is 6.92 Å². The van der Waals surface area contributed by atoms with Gasteiger partial charge in [-0.15, -0.1) is 0 Å². The highest BCUT2D eigenvalue weighted by Crippen LogP contribution is 1.42. The van der Waals surface area contributed by atoms with E-state index in [1.54, 1.807) is 6.92 Å². The Labute approximate surface area is 54.1 Å². The smallest absolute Gasteiger partial charge is 0.300 e. The quantitative estimate of drug-likeness (QED) is 0.487. The molecule has 0 aromatic heterocycles. The summed E-state index contributed by atoms with van der Waals surface area (Å²) in [6.45, 7) is 5.01. The number of aliphatic hydroxyl groups is 1. The zero-order valence-electron chi connectivity index (χ0n) is 5.63. The van der Waals surface area contributed by atoms with Gasteiger partial charge in [0.15, 0.2) is 0 Å². The first-order valence-electron chi connectivity index (χ1n) is 2.24. The minimum Gasteiger partial charge on any atom is -0.481 e. The topological polar surface area (TPSA) is 74.6 Å². The van der Waals surface area contributed by atoms with Crippen molar-refractivity contribution in [3.63, 3.8) is 0 Å². The Morgan fingerprint density at radius 2 is 1.56 bits per heavy atom. The largest absolute Gasteiger partial charge is 0.481 e. The van der Waals surface area contributed by atoms with E-state index in [-0.39, 0.29) is 6.61 Å². The first-order valence-corrected chi connectivity index (χ1v) is 2.24. The van der Waals surface area contributed by atoms with Crippen molar-refractivity contribution in [3.8, 4) is 0 Å². The molecule has 0 spiro atoms. The summed E-state index contributed by atoms with van der Waals surface area (Å²) in [4.78, 5) is 17.0. The van der Waals surface area contributed by atoms with Crippen LogP contribution in [0.15, 0.2) is 0 Å². The Bertz CT molecular complexity index is 48.9. The van der Waals surface area contributed by atoms with E-state index in [0.29, 0.717) is 0 Å². The third-order valence-electron chi connectivity index (χ3n) is 0. The van der Waals surface area contributed by atoms with Crippen molar-refractivity contribution >= 4 is 12.8 Å². The second-order valence-electron chi connectivity index (χ2n) is 0.835. The van der Waals surface area contributed by atoms with E-state index >= 15 is 0 Å². The van der Waals surface area contributed by atoms with Crippen molar-refractivity contribution in [3.05, 3.63) is 0 Å². The SMILES string of the molecule is C=O.CC(=O)O.CCO. The van der Waals surface area contributed by atoms with Crippen molar-refractivity contribution in [2.24, 2.45) is 0 Å². The Morgan fingerprint density at radius 3 is 1.56 bits per heavy atom. The van der Waals surface area contributed by atoms with Gasteiger partial charge < -0.3 is 15.0 Å². The van der Waals surface area contributed by atoms with Gasteiger partial charge in [-0.25, -0.2) is 0 Å². The predicted octanol–water partition coefficient (Wildman–Crippen LogP) is -0.0954. The van der Waals surface area contributed by atoms with Crippen LogP contribution in [0.3, 0.4) is 0 Å². The van der Waals surface area contributed by atoms with Crippen molar-refractivity contribution in [2.45, 2.75) is 13.8 Å². The molecule has 0 heterocycles. The lowest BCUT2D eigenvalue weighted by Gasteiger charge is -1.59. The molecule has 9 heavy (non-hydrogen) atoms. The number of aliphatic carboxylic acids is 1. The van der Waals surface area contributed by atoms with Gasteiger partial charge in [-0.1, -0.05) is 0 Å². The number of carbonyl (C=O) groups excluding carboxylic acids is 1. The van der Waals surface area contributed by atoms with Crippen LogP contribution in [0.5, 0.6) is 0 Å². The molecule has 4 heteroatoms. The summed E-state index contributed by atoms with van der Waals surface area (Å²) in [5.41, 5.74) is 0. The highest BCUT2D eigenvalue weighted by Gasteiger charge is 1.65. The molecule has 0 radical (unpaired) electrons. The number of hydrogen-bond donors (Lipinski definition) is 2. The van der Waals surface area contributed by atoms with Crippen LogP contribution in [0.1, 0.15) is 13.8 Å². The van der Waals surface area contributed by atoms with Gasteiger partial charge in [0, 0.05) is 13.5 Å². The van der Waals surface area contributed by atoms with E-state index in [2.05, 4.69) is 0 Å². The summed E-state index contributed by atoms with van der Waals surface area (Å²) in [7, 11) is 0. The van der Waals surface area contributed by atoms with Crippen LogP contribution in [-0.4, -0.2) is 29.6 Å². The number of hydrogen-bond acceptors (Lipinski definition) is 3. The van der Waals surface area contributed by atoms with Crippen molar-refractivity contribution in [2.75, 3.05) is 6.61 Å². The van der Waals surface area contributed by atoms with Crippen LogP contribution in [0.4, 0.5) is 0 Å². The lowest BCUT2D eigenvalue weighted by atomic mass is 10.9. The van der Waals surface area contributed by atoms with Gasteiger partial charge in [-0.3, -0.25) is 4.79 Å². The molecule has 0 bridgehead atoms. The van der Waals surface area contributed by atoms with Gasteiger partial charge in [0.2, 0.25) is 0 Å². The van der Waals surface area contributed by atoms with Gasteiger partial charge >= 0.3 is 0 Å². The number of carbonyl (C=O) groups is 2. The van der Waals surface area contributed by atoms with Gasteiger partial charge in [0.05, 0.1) is 0 Å². The van der Waals surface area contributed by atoms with Crippen LogP contribution in [0.25, 0.3) is 0 Å². The fraction of sp³-hybridized carbons (Fsp3) is 0.600. The van der Waals surface area contributed by atoms with Crippen molar-refractivity contribution in [1.29, 1.82) is 0 Å². The van der Waals surface area contributed by atoms with E-state index in [9.17, 15) is 0 Å². The number of aliphatic hydroxyl groups excluding tert-OH is 1. The normalized spacial score (nSPS) is 5.22. The summed E-state index contributed by atoms with van der Waals surface area (Å²) in [6.07, 6.45) is 0. The van der Waals surface area contributed by atoms with Crippen molar-refractivity contribution in [1.82, 2.24) is 0 Å². The van der Waals surface area contributed by atoms with Gasteiger partial charge in [-0.2, -0.15) is 0 Å². The maximum atomic E-state index is 9.00. The monoisotopic (exact) mass is 136 g/mol. The van der Waals surface area contributed by atoms with E-state index in [4.69, 9.17) is 19.8 Å². The molecule has 0 amide bonds. The molecule has 0 rings (SSSR count). The molecule has 0 saturated carbocycles. The van der Waals surface area contributed by atoms with Crippen LogP contribution >= 0.6 is 0 Å². The Balaban J connectivity index is -0.0000000646. The lowest BCUT2D eigenvalue weighted by Crippen LogP contribution is -1.78. The maximum absolute atomic E-state index is 9.00. The highest BCUT2D eigenvalue weighted by molar-refractivity contribution is 5.62. The van der Waals surface area contributed by atoms with Gasteiger partial charge in [0.1, 0.15) is 6.79 Å². The molecule has 0 atom stereocenters. The zero-order chi connectivity index (χ0) is 8.28. The number of rotatable bonds is 0. The predicted molar refractivity (Wildman–Crippen MR) is 33.2 cm³/mol. The van der Waals surface area contributed by atoms with Crippen molar-refractivity contribution < 1.29 is 19.8 Å². The van der Waals surface area contributed by atoms with E-state index < -0.39 is 5.97 Å². The second kappa shape index (κ2) is 27.5.